The standard InChI is InChI=1S/C8H12O4/c1-5(9)12-7-4-11-8-6(7)2-3-10-8/h6-8H,2-4H2,1H3/t6-,7+,8+/m0/s1. The van der Waals surface area contributed by atoms with Gasteiger partial charge in [0, 0.05) is 6.92 Å². The first-order valence-electron chi connectivity index (χ1n) is 4.18. The molecule has 0 aliphatic carbocycles. The zero-order valence-corrected chi connectivity index (χ0v) is 6.99. The van der Waals surface area contributed by atoms with Gasteiger partial charge in [0.1, 0.15) is 6.10 Å². The van der Waals surface area contributed by atoms with E-state index in [9.17, 15) is 4.79 Å². The van der Waals surface area contributed by atoms with Gasteiger partial charge in [0.25, 0.3) is 0 Å². The SMILES string of the molecule is CC(=O)O[C@@H]1CO[C@H]2OCC[C@H]21. The van der Waals surface area contributed by atoms with Crippen LogP contribution in [-0.4, -0.2) is 31.6 Å². The summed E-state index contributed by atoms with van der Waals surface area (Å²) < 4.78 is 15.6. The second kappa shape index (κ2) is 3.03. The van der Waals surface area contributed by atoms with Crippen LogP contribution in [-0.2, 0) is 19.0 Å². The van der Waals surface area contributed by atoms with E-state index in [-0.39, 0.29) is 24.3 Å². The van der Waals surface area contributed by atoms with Gasteiger partial charge >= 0.3 is 5.97 Å². The average Bonchev–Trinajstić information content (AvgIpc) is 2.52. The van der Waals surface area contributed by atoms with E-state index in [1.165, 1.54) is 6.92 Å². The van der Waals surface area contributed by atoms with Crippen LogP contribution in [0.15, 0.2) is 0 Å². The maximum atomic E-state index is 10.7. The predicted molar refractivity (Wildman–Crippen MR) is 39.4 cm³/mol. The van der Waals surface area contributed by atoms with Crippen LogP contribution in [0.4, 0.5) is 0 Å². The number of fused-ring (bicyclic) bond motifs is 1. The van der Waals surface area contributed by atoms with E-state index in [1.807, 2.05) is 0 Å². The van der Waals surface area contributed by atoms with Gasteiger partial charge in [0.15, 0.2) is 6.29 Å². The Morgan fingerprint density at radius 2 is 2.33 bits per heavy atom. The van der Waals surface area contributed by atoms with Gasteiger partial charge in [-0.3, -0.25) is 4.79 Å². The lowest BCUT2D eigenvalue weighted by atomic mass is 10.0. The maximum Gasteiger partial charge on any atom is 0.302 e. The molecule has 3 atom stereocenters. The minimum Gasteiger partial charge on any atom is -0.460 e. The Bertz CT molecular complexity index is 191. The second-order valence-corrected chi connectivity index (χ2v) is 3.17. The molecule has 0 N–H and O–H groups in total. The van der Waals surface area contributed by atoms with Crippen LogP contribution >= 0.6 is 0 Å². The highest BCUT2D eigenvalue weighted by atomic mass is 16.7. The lowest BCUT2D eigenvalue weighted by molar-refractivity contribution is -0.147. The number of hydrogen-bond acceptors (Lipinski definition) is 4. The summed E-state index contributed by atoms with van der Waals surface area (Å²) in [5, 5.41) is 0. The highest BCUT2D eigenvalue weighted by molar-refractivity contribution is 5.66. The van der Waals surface area contributed by atoms with Gasteiger partial charge < -0.3 is 14.2 Å². The van der Waals surface area contributed by atoms with Crippen molar-refractivity contribution in [2.75, 3.05) is 13.2 Å². The van der Waals surface area contributed by atoms with Crippen molar-refractivity contribution >= 4 is 5.97 Å². The van der Waals surface area contributed by atoms with E-state index in [0.717, 1.165) is 6.42 Å². The van der Waals surface area contributed by atoms with E-state index < -0.39 is 0 Å². The monoisotopic (exact) mass is 172 g/mol. The molecule has 2 aliphatic rings. The van der Waals surface area contributed by atoms with E-state index in [4.69, 9.17) is 14.2 Å². The maximum absolute atomic E-state index is 10.7. The lowest BCUT2D eigenvalue weighted by Gasteiger charge is -2.13. The molecule has 0 aromatic heterocycles. The molecule has 68 valence electrons. The zero-order chi connectivity index (χ0) is 8.55. The van der Waals surface area contributed by atoms with Crippen LogP contribution in [0.1, 0.15) is 13.3 Å². The van der Waals surface area contributed by atoms with Crippen LogP contribution in [0.25, 0.3) is 0 Å². The first-order chi connectivity index (χ1) is 5.77. The third-order valence-electron chi connectivity index (χ3n) is 2.30. The van der Waals surface area contributed by atoms with Gasteiger partial charge in [0.2, 0.25) is 0 Å². The number of rotatable bonds is 1. The molecule has 12 heavy (non-hydrogen) atoms. The molecular formula is C8H12O4. The summed E-state index contributed by atoms with van der Waals surface area (Å²) in [6.45, 7) is 2.62. The molecule has 0 bridgehead atoms. The zero-order valence-electron chi connectivity index (χ0n) is 6.99. The normalized spacial score (nSPS) is 39.6. The lowest BCUT2D eigenvalue weighted by Crippen LogP contribution is -2.25. The summed E-state index contributed by atoms with van der Waals surface area (Å²) >= 11 is 0. The van der Waals surface area contributed by atoms with Gasteiger partial charge in [-0.15, -0.1) is 0 Å². The molecule has 0 radical (unpaired) electrons. The molecule has 0 aromatic rings. The van der Waals surface area contributed by atoms with E-state index in [2.05, 4.69) is 0 Å². The van der Waals surface area contributed by atoms with Crippen LogP contribution in [0.3, 0.4) is 0 Å². The Balaban J connectivity index is 1.95. The molecule has 2 fully saturated rings. The Hall–Kier alpha value is -0.610. The summed E-state index contributed by atoms with van der Waals surface area (Å²) in [4.78, 5) is 10.7. The highest BCUT2D eigenvalue weighted by Crippen LogP contribution is 2.32. The summed E-state index contributed by atoms with van der Waals surface area (Å²) in [6, 6.07) is 0. The summed E-state index contributed by atoms with van der Waals surface area (Å²) in [7, 11) is 0. The fourth-order valence-electron chi connectivity index (χ4n) is 1.76. The number of esters is 1. The summed E-state index contributed by atoms with van der Waals surface area (Å²) in [5.74, 6) is 0.0186. The third kappa shape index (κ3) is 1.32. The van der Waals surface area contributed by atoms with E-state index >= 15 is 0 Å². The first-order valence-corrected chi connectivity index (χ1v) is 4.18. The largest absolute Gasteiger partial charge is 0.460 e. The Morgan fingerprint density at radius 1 is 1.50 bits per heavy atom. The van der Waals surface area contributed by atoms with Crippen molar-refractivity contribution in [1.82, 2.24) is 0 Å². The van der Waals surface area contributed by atoms with E-state index in [1.54, 1.807) is 0 Å². The molecule has 2 heterocycles. The van der Waals surface area contributed by atoms with Crippen molar-refractivity contribution in [3.8, 4) is 0 Å². The predicted octanol–water partition coefficient (Wildman–Crippen LogP) is 0.311. The van der Waals surface area contributed by atoms with Gasteiger partial charge in [0.05, 0.1) is 19.1 Å². The van der Waals surface area contributed by atoms with Gasteiger partial charge in [-0.2, -0.15) is 0 Å². The van der Waals surface area contributed by atoms with Crippen LogP contribution in [0.2, 0.25) is 0 Å². The van der Waals surface area contributed by atoms with Crippen LogP contribution in [0.5, 0.6) is 0 Å². The van der Waals surface area contributed by atoms with Gasteiger partial charge in [-0.05, 0) is 6.42 Å². The fourth-order valence-corrected chi connectivity index (χ4v) is 1.76. The molecule has 2 rings (SSSR count). The smallest absolute Gasteiger partial charge is 0.302 e. The molecule has 4 nitrogen and oxygen atoms in total. The fraction of sp³-hybridized carbons (Fsp3) is 0.875. The van der Waals surface area contributed by atoms with Gasteiger partial charge in [-0.1, -0.05) is 0 Å². The molecule has 2 aliphatic heterocycles. The highest BCUT2D eigenvalue weighted by Gasteiger charge is 2.43. The summed E-state index contributed by atoms with van der Waals surface area (Å²) in [6.07, 6.45) is 0.715. The Labute approximate surface area is 70.8 Å². The van der Waals surface area contributed by atoms with Crippen molar-refractivity contribution in [2.24, 2.45) is 5.92 Å². The number of carbonyl (C=O) groups excluding carboxylic acids is 1. The topological polar surface area (TPSA) is 44.8 Å². The van der Waals surface area contributed by atoms with Crippen molar-refractivity contribution in [1.29, 1.82) is 0 Å². The molecule has 0 saturated carbocycles. The quantitative estimate of drug-likeness (QED) is 0.534. The number of ether oxygens (including phenoxy) is 3. The Kier molecular flexibility index (Phi) is 2.02. The average molecular weight is 172 g/mol. The van der Waals surface area contributed by atoms with Crippen molar-refractivity contribution in [3.63, 3.8) is 0 Å². The number of hydrogen-bond donors (Lipinski definition) is 0. The van der Waals surface area contributed by atoms with Crippen LogP contribution < -0.4 is 0 Å². The molecule has 0 spiro atoms. The van der Waals surface area contributed by atoms with E-state index in [0.29, 0.717) is 13.2 Å². The molecule has 4 heteroatoms. The van der Waals surface area contributed by atoms with Crippen LogP contribution in [0, 0.1) is 5.92 Å². The van der Waals surface area contributed by atoms with Crippen molar-refractivity contribution in [2.45, 2.75) is 25.7 Å². The molecular weight excluding hydrogens is 160 g/mol. The summed E-state index contributed by atoms with van der Waals surface area (Å²) in [5.41, 5.74) is 0. The first kappa shape index (κ1) is 8.01. The molecule has 2 saturated heterocycles. The third-order valence-corrected chi connectivity index (χ3v) is 2.30. The Morgan fingerprint density at radius 3 is 3.08 bits per heavy atom. The molecule has 0 aromatic carbocycles. The number of carbonyl (C=O) groups is 1. The molecule has 0 unspecified atom stereocenters. The minimum absolute atomic E-state index is 0.0880. The van der Waals surface area contributed by atoms with Gasteiger partial charge in [-0.25, -0.2) is 0 Å². The van der Waals surface area contributed by atoms with Crippen molar-refractivity contribution in [3.05, 3.63) is 0 Å². The minimum atomic E-state index is -0.240. The van der Waals surface area contributed by atoms with Crippen molar-refractivity contribution < 1.29 is 19.0 Å². The molecule has 0 amide bonds. The second-order valence-electron chi connectivity index (χ2n) is 3.17.